The Hall–Kier alpha value is -0.267. The molecule has 2 rings (SSSR count). The van der Waals surface area contributed by atoms with Gasteiger partial charge < -0.3 is 0 Å². The van der Waals surface area contributed by atoms with Crippen molar-refractivity contribution < 1.29 is 19.5 Å². The number of rotatable bonds is 0. The quantitative estimate of drug-likeness (QED) is 0.531. The van der Waals surface area contributed by atoms with Crippen molar-refractivity contribution in [1.82, 2.24) is 4.98 Å². The topological polar surface area (TPSA) is 12.9 Å². The first-order chi connectivity index (χ1) is 4.97. The normalized spacial score (nSPS) is 8.33. The molecule has 1 aromatic carbocycles. The second-order valence-electron chi connectivity index (χ2n) is 2.14. The minimum absolute atomic E-state index is 0. The monoisotopic (exact) mass is 272 g/mol. The summed E-state index contributed by atoms with van der Waals surface area (Å²) in [5.41, 5.74) is 0. The summed E-state index contributed by atoms with van der Waals surface area (Å²) in [4.78, 5) is 3.96. The number of benzene rings is 1. The number of halogens is 1. The van der Waals surface area contributed by atoms with Crippen LogP contribution in [0.3, 0.4) is 0 Å². The van der Waals surface area contributed by atoms with Crippen LogP contribution in [0.15, 0.2) is 36.7 Å². The van der Waals surface area contributed by atoms with E-state index >= 15 is 0 Å². The van der Waals surface area contributed by atoms with Gasteiger partial charge in [-0.05, 0) is 12.4 Å². The minimum atomic E-state index is 0. The zero-order valence-electron chi connectivity index (χ0n) is 6.53. The van der Waals surface area contributed by atoms with Crippen LogP contribution in [0.2, 0.25) is 0 Å². The summed E-state index contributed by atoms with van der Waals surface area (Å²) in [6.45, 7) is 0. The molecule has 1 nitrogen and oxygen atoms in total. The number of nitrogens with zero attached hydrogens (tertiary/aromatic N) is 1. The van der Waals surface area contributed by atoms with Gasteiger partial charge in [0.05, 0.1) is 0 Å². The molecule has 0 aliphatic heterocycles. The van der Waals surface area contributed by atoms with Crippen LogP contribution in [0, 0.1) is 6.07 Å². The van der Waals surface area contributed by atoms with E-state index < -0.39 is 0 Å². The maximum Gasteiger partial charge on any atom is 0 e. The van der Waals surface area contributed by atoms with Gasteiger partial charge in [-0.25, -0.2) is 0 Å². The van der Waals surface area contributed by atoms with Crippen molar-refractivity contribution in [3.05, 3.63) is 42.7 Å². The van der Waals surface area contributed by atoms with Gasteiger partial charge in [-0.15, -0.1) is 34.5 Å². The van der Waals surface area contributed by atoms with E-state index in [0.717, 1.165) is 10.8 Å². The van der Waals surface area contributed by atoms with Crippen molar-refractivity contribution in [2.75, 3.05) is 0 Å². The maximum atomic E-state index is 3.96. The molecule has 0 spiro atoms. The molecule has 2 aromatic rings. The molecule has 0 atom stereocenters. The summed E-state index contributed by atoms with van der Waals surface area (Å²) in [6, 6.07) is 11.1. The molecule has 3 heteroatoms. The molecule has 0 fully saturated rings. The van der Waals surface area contributed by atoms with Crippen LogP contribution in [0.25, 0.3) is 10.8 Å². The maximum absolute atomic E-state index is 3.96. The Balaban J connectivity index is 0.000000605. The molecular weight excluding hydrogens is 267 g/mol. The smallest absolute Gasteiger partial charge is 0 e. The first-order valence-corrected chi connectivity index (χ1v) is 3.17. The SMILES string of the molecule is Br.[Zn].[c-]1cncc2ccccc12. The van der Waals surface area contributed by atoms with E-state index in [2.05, 4.69) is 11.1 Å². The second kappa shape index (κ2) is 5.39. The number of fused-ring (bicyclic) bond motifs is 1. The first kappa shape index (κ1) is 11.7. The molecular formula is C9H7BrNZn-. The van der Waals surface area contributed by atoms with Crippen LogP contribution >= 0.6 is 17.0 Å². The Morgan fingerprint density at radius 2 is 1.92 bits per heavy atom. The van der Waals surface area contributed by atoms with Crippen LogP contribution < -0.4 is 0 Å². The summed E-state index contributed by atoms with van der Waals surface area (Å²) in [5.74, 6) is 0. The molecule has 0 N–H and O–H groups in total. The van der Waals surface area contributed by atoms with Crippen LogP contribution in [-0.4, -0.2) is 4.98 Å². The third-order valence-electron chi connectivity index (χ3n) is 1.47. The van der Waals surface area contributed by atoms with Crippen molar-refractivity contribution in [3.8, 4) is 0 Å². The van der Waals surface area contributed by atoms with Gasteiger partial charge in [-0.3, -0.25) is 4.98 Å². The fourth-order valence-electron chi connectivity index (χ4n) is 0.965. The average Bonchev–Trinajstić information content (AvgIpc) is 2.05. The number of hydrogen-bond donors (Lipinski definition) is 0. The van der Waals surface area contributed by atoms with Crippen LogP contribution in [-0.2, 0) is 19.5 Å². The fraction of sp³-hybridized carbons (Fsp3) is 0. The van der Waals surface area contributed by atoms with Crippen molar-refractivity contribution in [2.24, 2.45) is 0 Å². The summed E-state index contributed by atoms with van der Waals surface area (Å²) < 4.78 is 0. The third-order valence-corrected chi connectivity index (χ3v) is 1.47. The van der Waals surface area contributed by atoms with E-state index in [1.165, 1.54) is 0 Å². The van der Waals surface area contributed by atoms with Crippen molar-refractivity contribution in [2.45, 2.75) is 0 Å². The minimum Gasteiger partial charge on any atom is -0.291 e. The second-order valence-corrected chi connectivity index (χ2v) is 2.14. The fourth-order valence-corrected chi connectivity index (χ4v) is 0.965. The molecule has 0 radical (unpaired) electrons. The van der Waals surface area contributed by atoms with Gasteiger partial charge in [0.2, 0.25) is 0 Å². The van der Waals surface area contributed by atoms with Gasteiger partial charge in [-0.1, -0.05) is 6.07 Å². The molecule has 1 heterocycles. The third kappa shape index (κ3) is 2.36. The van der Waals surface area contributed by atoms with Crippen LogP contribution in [0.1, 0.15) is 0 Å². The molecule has 12 heavy (non-hydrogen) atoms. The van der Waals surface area contributed by atoms with E-state index in [-0.39, 0.29) is 36.5 Å². The zero-order chi connectivity index (χ0) is 6.81. The summed E-state index contributed by atoms with van der Waals surface area (Å²) in [6.07, 6.45) is 3.52. The molecule has 58 valence electrons. The van der Waals surface area contributed by atoms with E-state index in [0.29, 0.717) is 0 Å². The van der Waals surface area contributed by atoms with E-state index in [4.69, 9.17) is 0 Å². The van der Waals surface area contributed by atoms with Gasteiger partial charge in [0.15, 0.2) is 0 Å². The van der Waals surface area contributed by atoms with E-state index in [1.807, 2.05) is 30.5 Å². The molecule has 0 aliphatic rings. The Morgan fingerprint density at radius 1 is 1.17 bits per heavy atom. The predicted molar refractivity (Wildman–Crippen MR) is 50.9 cm³/mol. The molecule has 0 amide bonds. The van der Waals surface area contributed by atoms with Crippen LogP contribution in [0.5, 0.6) is 0 Å². The molecule has 0 saturated carbocycles. The molecule has 1 aromatic heterocycles. The molecule has 0 saturated heterocycles. The Kier molecular flexibility index (Phi) is 5.27. The average molecular weight is 274 g/mol. The molecule has 0 aliphatic carbocycles. The summed E-state index contributed by atoms with van der Waals surface area (Å²) >= 11 is 0. The molecule has 0 unspecified atom stereocenters. The standard InChI is InChI=1S/C9H6N.BrH.Zn/c1-2-4-9-7-10-6-5-8(9)3-1;;/h1-4,6-7H;1H;/q-1;;. The first-order valence-electron chi connectivity index (χ1n) is 3.17. The zero-order valence-corrected chi connectivity index (χ0v) is 11.2. The summed E-state index contributed by atoms with van der Waals surface area (Å²) in [5, 5.41) is 2.27. The largest absolute Gasteiger partial charge is 0.291 e. The van der Waals surface area contributed by atoms with E-state index in [1.54, 1.807) is 6.20 Å². The number of hydrogen-bond acceptors (Lipinski definition) is 1. The van der Waals surface area contributed by atoms with Gasteiger partial charge in [0.25, 0.3) is 0 Å². The van der Waals surface area contributed by atoms with Crippen LogP contribution in [0.4, 0.5) is 0 Å². The van der Waals surface area contributed by atoms with Crippen molar-refractivity contribution in [1.29, 1.82) is 0 Å². The Morgan fingerprint density at radius 3 is 2.67 bits per heavy atom. The van der Waals surface area contributed by atoms with Gasteiger partial charge in [0, 0.05) is 19.5 Å². The van der Waals surface area contributed by atoms with E-state index in [9.17, 15) is 0 Å². The van der Waals surface area contributed by atoms with Crippen molar-refractivity contribution in [3.63, 3.8) is 0 Å². The predicted octanol–water partition coefficient (Wildman–Crippen LogP) is 2.61. The number of aromatic nitrogens is 1. The molecule has 0 bridgehead atoms. The van der Waals surface area contributed by atoms with Crippen molar-refractivity contribution >= 4 is 27.8 Å². The van der Waals surface area contributed by atoms with Gasteiger partial charge >= 0.3 is 0 Å². The van der Waals surface area contributed by atoms with Gasteiger partial charge in [-0.2, -0.15) is 17.5 Å². The summed E-state index contributed by atoms with van der Waals surface area (Å²) in [7, 11) is 0. The number of pyridine rings is 1. The van der Waals surface area contributed by atoms with Gasteiger partial charge in [0.1, 0.15) is 0 Å². The Labute approximate surface area is 94.7 Å². The Bertz CT molecular complexity index is 286.